The summed E-state index contributed by atoms with van der Waals surface area (Å²) in [7, 11) is 0. The molecule has 2 rings (SSSR count). The number of nitrogens with one attached hydrogen (secondary N) is 1. The molecule has 21 heavy (non-hydrogen) atoms. The van der Waals surface area contributed by atoms with E-state index < -0.39 is 0 Å². The molecule has 1 unspecified atom stereocenters. The molecule has 1 aromatic rings. The Morgan fingerprint density at radius 2 is 2.29 bits per heavy atom. The Kier molecular flexibility index (Phi) is 6.81. The van der Waals surface area contributed by atoms with Gasteiger partial charge in [-0.2, -0.15) is 0 Å². The van der Waals surface area contributed by atoms with Crippen molar-refractivity contribution in [1.82, 2.24) is 5.32 Å². The maximum absolute atomic E-state index is 9.17. The van der Waals surface area contributed by atoms with Gasteiger partial charge in [0.1, 0.15) is 0 Å². The minimum atomic E-state index is 0.284. The lowest BCUT2D eigenvalue weighted by atomic mass is 9.94. The van der Waals surface area contributed by atoms with E-state index in [1.807, 2.05) is 12.1 Å². The standard InChI is InChI=1S/C17H27ClN2O/c1-2-9-19-12-15-6-3-7-16(18)17(15)20-10-4-5-14(13-20)8-11-21/h3,6-7,14,19,21H,2,4-5,8-13H2,1H3. The number of para-hydroxylation sites is 1. The fourth-order valence-electron chi connectivity index (χ4n) is 3.14. The van der Waals surface area contributed by atoms with Gasteiger partial charge < -0.3 is 15.3 Å². The SMILES string of the molecule is CCCNCc1cccc(Cl)c1N1CCCC(CCO)C1. The van der Waals surface area contributed by atoms with Gasteiger partial charge in [-0.3, -0.25) is 0 Å². The molecule has 118 valence electrons. The molecule has 1 atom stereocenters. The summed E-state index contributed by atoms with van der Waals surface area (Å²) in [6.45, 7) is 6.42. The molecule has 0 spiro atoms. The molecule has 1 aliphatic heterocycles. The van der Waals surface area contributed by atoms with Gasteiger partial charge in [-0.15, -0.1) is 0 Å². The molecule has 1 heterocycles. The summed E-state index contributed by atoms with van der Waals surface area (Å²) in [5.74, 6) is 0.580. The second kappa shape index (κ2) is 8.62. The summed E-state index contributed by atoms with van der Waals surface area (Å²) < 4.78 is 0. The van der Waals surface area contributed by atoms with Gasteiger partial charge >= 0.3 is 0 Å². The van der Waals surface area contributed by atoms with Crippen LogP contribution in [0.1, 0.15) is 38.2 Å². The van der Waals surface area contributed by atoms with Crippen LogP contribution < -0.4 is 10.2 Å². The number of halogens is 1. The van der Waals surface area contributed by atoms with Crippen LogP contribution in [-0.4, -0.2) is 31.3 Å². The van der Waals surface area contributed by atoms with E-state index in [0.29, 0.717) is 5.92 Å². The monoisotopic (exact) mass is 310 g/mol. The molecule has 1 saturated heterocycles. The average Bonchev–Trinajstić information content (AvgIpc) is 2.48. The number of hydrogen-bond donors (Lipinski definition) is 2. The Bertz CT molecular complexity index is 437. The quantitative estimate of drug-likeness (QED) is 0.757. The molecule has 1 aromatic carbocycles. The molecule has 1 fully saturated rings. The molecule has 0 aliphatic carbocycles. The smallest absolute Gasteiger partial charge is 0.0642 e. The van der Waals surface area contributed by atoms with Crippen molar-refractivity contribution in [3.63, 3.8) is 0 Å². The number of nitrogens with zero attached hydrogens (tertiary/aromatic N) is 1. The maximum atomic E-state index is 9.17. The van der Waals surface area contributed by atoms with Crippen LogP contribution in [0.5, 0.6) is 0 Å². The number of anilines is 1. The van der Waals surface area contributed by atoms with Crippen LogP contribution in [0.15, 0.2) is 18.2 Å². The zero-order chi connectivity index (χ0) is 15.1. The molecule has 0 radical (unpaired) electrons. The molecule has 0 saturated carbocycles. The van der Waals surface area contributed by atoms with Crippen LogP contribution in [0.25, 0.3) is 0 Å². The number of piperidine rings is 1. The van der Waals surface area contributed by atoms with Gasteiger partial charge in [0.15, 0.2) is 0 Å². The van der Waals surface area contributed by atoms with E-state index in [2.05, 4.69) is 23.2 Å². The Balaban J connectivity index is 2.13. The Morgan fingerprint density at radius 3 is 3.05 bits per heavy atom. The van der Waals surface area contributed by atoms with Crippen LogP contribution >= 0.6 is 11.6 Å². The molecular formula is C17H27ClN2O. The predicted octanol–water partition coefficient (Wildman–Crippen LogP) is 3.44. The van der Waals surface area contributed by atoms with Crippen molar-refractivity contribution < 1.29 is 5.11 Å². The third kappa shape index (κ3) is 4.60. The summed E-state index contributed by atoms with van der Waals surface area (Å²) in [6, 6.07) is 6.18. The highest BCUT2D eigenvalue weighted by Gasteiger charge is 2.23. The second-order valence-corrected chi connectivity index (χ2v) is 6.30. The van der Waals surface area contributed by atoms with E-state index in [9.17, 15) is 5.11 Å². The summed E-state index contributed by atoms with van der Waals surface area (Å²) in [5, 5.41) is 13.5. The summed E-state index contributed by atoms with van der Waals surface area (Å²) in [4.78, 5) is 2.41. The number of hydrogen-bond acceptors (Lipinski definition) is 3. The largest absolute Gasteiger partial charge is 0.396 e. The van der Waals surface area contributed by atoms with Crippen LogP contribution in [0.3, 0.4) is 0 Å². The highest BCUT2D eigenvalue weighted by atomic mass is 35.5. The van der Waals surface area contributed by atoms with Crippen LogP contribution in [-0.2, 0) is 6.54 Å². The summed E-state index contributed by atoms with van der Waals surface area (Å²) in [5.41, 5.74) is 2.46. The highest BCUT2D eigenvalue weighted by molar-refractivity contribution is 6.33. The van der Waals surface area contributed by atoms with E-state index in [-0.39, 0.29) is 6.61 Å². The maximum Gasteiger partial charge on any atom is 0.0642 e. The van der Waals surface area contributed by atoms with Crippen molar-refractivity contribution in [3.05, 3.63) is 28.8 Å². The number of aliphatic hydroxyl groups is 1. The number of rotatable bonds is 7. The topological polar surface area (TPSA) is 35.5 Å². The fourth-order valence-corrected chi connectivity index (χ4v) is 3.46. The van der Waals surface area contributed by atoms with Gasteiger partial charge in [0.2, 0.25) is 0 Å². The van der Waals surface area contributed by atoms with Gasteiger partial charge in [0, 0.05) is 26.2 Å². The lowest BCUT2D eigenvalue weighted by molar-refractivity contribution is 0.244. The number of benzene rings is 1. The van der Waals surface area contributed by atoms with Crippen LogP contribution in [0.4, 0.5) is 5.69 Å². The summed E-state index contributed by atoms with van der Waals surface area (Å²) >= 11 is 6.48. The normalized spacial score (nSPS) is 19.0. The zero-order valence-electron chi connectivity index (χ0n) is 12.9. The van der Waals surface area contributed by atoms with Gasteiger partial charge in [0.05, 0.1) is 10.7 Å². The minimum Gasteiger partial charge on any atom is -0.396 e. The Morgan fingerprint density at radius 1 is 1.43 bits per heavy atom. The van der Waals surface area contributed by atoms with Crippen LogP contribution in [0.2, 0.25) is 5.02 Å². The second-order valence-electron chi connectivity index (χ2n) is 5.89. The van der Waals surface area contributed by atoms with Gasteiger partial charge in [-0.05, 0) is 49.8 Å². The van der Waals surface area contributed by atoms with E-state index in [1.54, 1.807) is 0 Å². The van der Waals surface area contributed by atoms with E-state index in [0.717, 1.165) is 44.0 Å². The molecule has 2 N–H and O–H groups in total. The van der Waals surface area contributed by atoms with Gasteiger partial charge in [-0.1, -0.05) is 30.7 Å². The zero-order valence-corrected chi connectivity index (χ0v) is 13.7. The first-order valence-electron chi connectivity index (χ1n) is 8.10. The van der Waals surface area contributed by atoms with Gasteiger partial charge in [0.25, 0.3) is 0 Å². The van der Waals surface area contributed by atoms with Crippen molar-refractivity contribution in [2.24, 2.45) is 5.92 Å². The Hall–Kier alpha value is -0.770. The predicted molar refractivity (Wildman–Crippen MR) is 90.1 cm³/mol. The molecule has 1 aliphatic rings. The Labute approximate surface area is 133 Å². The van der Waals surface area contributed by atoms with Crippen LogP contribution in [0, 0.1) is 5.92 Å². The molecule has 0 bridgehead atoms. The number of aliphatic hydroxyl groups excluding tert-OH is 1. The van der Waals surface area contributed by atoms with Crippen molar-refractivity contribution in [3.8, 4) is 0 Å². The van der Waals surface area contributed by atoms with Gasteiger partial charge in [-0.25, -0.2) is 0 Å². The van der Waals surface area contributed by atoms with Crippen molar-refractivity contribution in [2.75, 3.05) is 31.1 Å². The van der Waals surface area contributed by atoms with E-state index in [4.69, 9.17) is 11.6 Å². The van der Waals surface area contributed by atoms with Crippen molar-refractivity contribution >= 4 is 17.3 Å². The third-order valence-corrected chi connectivity index (χ3v) is 4.49. The fraction of sp³-hybridized carbons (Fsp3) is 0.647. The lowest BCUT2D eigenvalue weighted by Gasteiger charge is -2.36. The van der Waals surface area contributed by atoms with Crippen molar-refractivity contribution in [1.29, 1.82) is 0 Å². The molecule has 4 heteroatoms. The molecule has 3 nitrogen and oxygen atoms in total. The average molecular weight is 311 g/mol. The molecule has 0 aromatic heterocycles. The van der Waals surface area contributed by atoms with E-state index >= 15 is 0 Å². The third-order valence-electron chi connectivity index (χ3n) is 4.19. The first-order chi connectivity index (χ1) is 10.3. The van der Waals surface area contributed by atoms with Crippen molar-refractivity contribution in [2.45, 2.75) is 39.2 Å². The minimum absolute atomic E-state index is 0.284. The molecular weight excluding hydrogens is 284 g/mol. The summed E-state index contributed by atoms with van der Waals surface area (Å²) in [6.07, 6.45) is 4.42. The lowest BCUT2D eigenvalue weighted by Crippen LogP contribution is -2.36. The first kappa shape index (κ1) is 16.6. The first-order valence-corrected chi connectivity index (χ1v) is 8.48. The molecule has 0 amide bonds. The highest BCUT2D eigenvalue weighted by Crippen LogP contribution is 2.33. The van der Waals surface area contributed by atoms with E-state index in [1.165, 1.54) is 24.1 Å².